The van der Waals surface area contributed by atoms with Gasteiger partial charge in [0.2, 0.25) is 0 Å². The molecule has 1 aromatic carbocycles. The van der Waals surface area contributed by atoms with Crippen LogP contribution in [0.3, 0.4) is 0 Å². The van der Waals surface area contributed by atoms with Crippen molar-refractivity contribution in [1.82, 2.24) is 19.8 Å². The molecule has 27 heavy (non-hydrogen) atoms. The fourth-order valence-corrected chi connectivity index (χ4v) is 6.91. The molecule has 1 aromatic heterocycles. The summed E-state index contributed by atoms with van der Waals surface area (Å²) in [5.41, 5.74) is 3.21. The largest absolute Gasteiger partial charge is 0.305 e. The molecule has 4 rings (SSSR count). The lowest BCUT2D eigenvalue weighted by Gasteiger charge is -2.25. The van der Waals surface area contributed by atoms with Crippen LogP contribution < -0.4 is 0 Å². The third-order valence-electron chi connectivity index (χ3n) is 5.79. The molecule has 2 fully saturated rings. The topological polar surface area (TPSA) is 66.4 Å². The molecule has 0 unspecified atom stereocenters. The van der Waals surface area contributed by atoms with Crippen molar-refractivity contribution in [3.05, 3.63) is 47.8 Å². The third kappa shape index (κ3) is 3.63. The average Bonchev–Trinajstić information content (AvgIpc) is 3.14. The quantitative estimate of drug-likeness (QED) is 0.795. The van der Waals surface area contributed by atoms with E-state index >= 15 is 0 Å². The summed E-state index contributed by atoms with van der Waals surface area (Å²) in [5, 5.41) is -0.239. The van der Waals surface area contributed by atoms with Gasteiger partial charge in [0, 0.05) is 55.1 Å². The van der Waals surface area contributed by atoms with E-state index in [1.54, 1.807) is 0 Å². The molecule has 144 valence electrons. The van der Waals surface area contributed by atoms with Gasteiger partial charge in [-0.25, -0.2) is 18.4 Å². The van der Waals surface area contributed by atoms with Crippen LogP contribution in [0.1, 0.15) is 11.1 Å². The zero-order chi connectivity index (χ0) is 19.2. The van der Waals surface area contributed by atoms with Crippen molar-refractivity contribution in [1.29, 1.82) is 0 Å². The molecule has 0 bridgehead atoms. The Labute approximate surface area is 161 Å². The number of hydrogen-bond acceptors (Lipinski definition) is 6. The molecule has 2 aromatic rings. The number of aromatic nitrogens is 2. The van der Waals surface area contributed by atoms with Crippen molar-refractivity contribution >= 4 is 9.84 Å². The highest BCUT2D eigenvalue weighted by atomic mass is 32.2. The van der Waals surface area contributed by atoms with Crippen LogP contribution in [0.5, 0.6) is 0 Å². The number of benzene rings is 1. The van der Waals surface area contributed by atoms with E-state index in [1.807, 2.05) is 38.6 Å². The highest BCUT2D eigenvalue weighted by Gasteiger charge is 2.52. The van der Waals surface area contributed by atoms with Gasteiger partial charge in [0.25, 0.3) is 0 Å². The Morgan fingerprint density at radius 2 is 1.93 bits per heavy atom. The maximum Gasteiger partial charge on any atom is 0.159 e. The Hall–Kier alpha value is -1.83. The molecule has 2 aliphatic rings. The standard InChI is InChI=1S/C20H26N4O2S/c1-14-5-4-6-16(7-14)20-21-8-15(9-22-20)10-24-11-17-18(23(2)3)13-27(25,26)19(17)12-24/h4-9,17-19H,10-13H2,1-3H3/t17-,18+,19-/m0/s1. The van der Waals surface area contributed by atoms with Crippen LogP contribution in [0, 0.1) is 12.8 Å². The second kappa shape index (κ2) is 6.96. The Bertz CT molecular complexity index is 927. The number of sulfone groups is 1. The summed E-state index contributed by atoms with van der Waals surface area (Å²) in [4.78, 5) is 13.3. The van der Waals surface area contributed by atoms with Gasteiger partial charge in [-0.3, -0.25) is 4.90 Å². The lowest BCUT2D eigenvalue weighted by molar-refractivity contribution is 0.229. The van der Waals surface area contributed by atoms with Crippen molar-refractivity contribution in [3.8, 4) is 11.4 Å². The first-order chi connectivity index (χ1) is 12.8. The van der Waals surface area contributed by atoms with Crippen LogP contribution in [-0.2, 0) is 16.4 Å². The monoisotopic (exact) mass is 386 g/mol. The Kier molecular flexibility index (Phi) is 4.78. The highest BCUT2D eigenvalue weighted by Crippen LogP contribution is 2.36. The summed E-state index contributed by atoms with van der Waals surface area (Å²) in [6, 6.07) is 8.26. The van der Waals surface area contributed by atoms with Gasteiger partial charge >= 0.3 is 0 Å². The molecule has 6 nitrogen and oxygen atoms in total. The highest BCUT2D eigenvalue weighted by molar-refractivity contribution is 7.92. The van der Waals surface area contributed by atoms with Crippen LogP contribution in [0.2, 0.25) is 0 Å². The number of aryl methyl sites for hydroxylation is 1. The van der Waals surface area contributed by atoms with Gasteiger partial charge in [-0.05, 0) is 27.1 Å². The van der Waals surface area contributed by atoms with E-state index in [0.717, 1.165) is 23.5 Å². The number of nitrogens with zero attached hydrogens (tertiary/aromatic N) is 4. The zero-order valence-electron chi connectivity index (χ0n) is 16.0. The number of rotatable bonds is 4. The predicted octanol–water partition coefficient (Wildman–Crippen LogP) is 1.61. The molecule has 0 spiro atoms. The van der Waals surface area contributed by atoms with Gasteiger partial charge in [-0.1, -0.05) is 23.8 Å². The van der Waals surface area contributed by atoms with E-state index in [0.29, 0.717) is 13.1 Å². The molecule has 2 saturated heterocycles. The fourth-order valence-electron chi connectivity index (χ4n) is 4.40. The van der Waals surface area contributed by atoms with Gasteiger partial charge in [0.15, 0.2) is 15.7 Å². The van der Waals surface area contributed by atoms with Crippen LogP contribution in [-0.4, -0.2) is 72.4 Å². The second-order valence-electron chi connectivity index (χ2n) is 8.04. The summed E-state index contributed by atoms with van der Waals surface area (Å²) < 4.78 is 25.0. The van der Waals surface area contributed by atoms with E-state index in [2.05, 4.69) is 38.8 Å². The SMILES string of the molecule is Cc1cccc(-c2ncc(CN3C[C@H]4[C@H](N(C)C)CS(=O)(=O)[C@H]4C3)cn2)c1. The predicted molar refractivity (Wildman–Crippen MR) is 106 cm³/mol. The first-order valence-electron chi connectivity index (χ1n) is 9.32. The Balaban J connectivity index is 1.46. The van der Waals surface area contributed by atoms with Gasteiger partial charge < -0.3 is 4.90 Å². The molecule has 0 amide bonds. The fraction of sp³-hybridized carbons (Fsp3) is 0.500. The first kappa shape index (κ1) is 18.5. The molecule has 3 atom stereocenters. The van der Waals surface area contributed by atoms with Gasteiger partial charge in [0.1, 0.15) is 0 Å². The van der Waals surface area contributed by atoms with E-state index in [9.17, 15) is 8.42 Å². The Morgan fingerprint density at radius 3 is 2.59 bits per heavy atom. The van der Waals surface area contributed by atoms with Gasteiger partial charge in [-0.2, -0.15) is 0 Å². The number of likely N-dealkylation sites (tertiary alicyclic amines) is 1. The minimum atomic E-state index is -3.00. The van der Waals surface area contributed by atoms with E-state index < -0.39 is 9.84 Å². The maximum absolute atomic E-state index is 12.5. The molecule has 0 saturated carbocycles. The van der Waals surface area contributed by atoms with Gasteiger partial charge in [-0.15, -0.1) is 0 Å². The average molecular weight is 387 g/mol. The minimum absolute atomic E-state index is 0.116. The van der Waals surface area contributed by atoms with Crippen LogP contribution >= 0.6 is 0 Å². The van der Waals surface area contributed by atoms with E-state index in [4.69, 9.17) is 0 Å². The third-order valence-corrected chi connectivity index (χ3v) is 8.02. The normalized spacial score (nSPS) is 27.2. The lowest BCUT2D eigenvalue weighted by Crippen LogP contribution is -2.37. The summed E-state index contributed by atoms with van der Waals surface area (Å²) >= 11 is 0. The summed E-state index contributed by atoms with van der Waals surface area (Å²) in [7, 11) is 0.946. The maximum atomic E-state index is 12.5. The van der Waals surface area contributed by atoms with Crippen molar-refractivity contribution in [2.45, 2.75) is 24.8 Å². The summed E-state index contributed by atoms with van der Waals surface area (Å²) in [5.74, 6) is 1.20. The van der Waals surface area contributed by atoms with Crippen molar-refractivity contribution in [2.75, 3.05) is 32.9 Å². The molecule has 2 aliphatic heterocycles. The van der Waals surface area contributed by atoms with Crippen LogP contribution in [0.15, 0.2) is 36.7 Å². The van der Waals surface area contributed by atoms with Crippen molar-refractivity contribution in [3.63, 3.8) is 0 Å². The number of fused-ring (bicyclic) bond motifs is 1. The Morgan fingerprint density at radius 1 is 1.19 bits per heavy atom. The zero-order valence-corrected chi connectivity index (χ0v) is 16.9. The van der Waals surface area contributed by atoms with Gasteiger partial charge in [0.05, 0.1) is 11.0 Å². The molecular weight excluding hydrogens is 360 g/mol. The van der Waals surface area contributed by atoms with Crippen LogP contribution in [0.25, 0.3) is 11.4 Å². The molecule has 7 heteroatoms. The molecule has 3 heterocycles. The smallest absolute Gasteiger partial charge is 0.159 e. The molecule has 0 radical (unpaired) electrons. The van der Waals surface area contributed by atoms with Crippen molar-refractivity contribution in [2.24, 2.45) is 5.92 Å². The van der Waals surface area contributed by atoms with E-state index in [1.165, 1.54) is 5.56 Å². The molecule has 0 aliphatic carbocycles. The molecular formula is C20H26N4O2S. The lowest BCUT2D eigenvalue weighted by atomic mass is 10.00. The number of hydrogen-bond donors (Lipinski definition) is 0. The first-order valence-corrected chi connectivity index (χ1v) is 11.0. The van der Waals surface area contributed by atoms with E-state index in [-0.39, 0.29) is 23.0 Å². The molecule has 0 N–H and O–H groups in total. The van der Waals surface area contributed by atoms with Crippen LogP contribution in [0.4, 0.5) is 0 Å². The van der Waals surface area contributed by atoms with Crippen molar-refractivity contribution < 1.29 is 8.42 Å². The summed E-state index contributed by atoms with van der Waals surface area (Å²) in [6.07, 6.45) is 3.72. The second-order valence-corrected chi connectivity index (χ2v) is 10.3. The minimum Gasteiger partial charge on any atom is -0.305 e. The summed E-state index contributed by atoms with van der Waals surface area (Å²) in [6.45, 7) is 4.16.